The number of amides is 1. The minimum Gasteiger partial charge on any atom is -0.481 e. The second kappa shape index (κ2) is 9.44. The van der Waals surface area contributed by atoms with Crippen LogP contribution in [-0.4, -0.2) is 36.8 Å². The summed E-state index contributed by atoms with van der Waals surface area (Å²) in [4.78, 5) is 22.8. The molecule has 2 N–H and O–H groups in total. The van der Waals surface area contributed by atoms with Crippen LogP contribution in [0.5, 0.6) is 5.75 Å². The van der Waals surface area contributed by atoms with E-state index in [9.17, 15) is 9.59 Å². The van der Waals surface area contributed by atoms with Crippen molar-refractivity contribution in [3.8, 4) is 5.75 Å². The Hall–Kier alpha value is -2.86. The fourth-order valence-corrected chi connectivity index (χ4v) is 2.36. The Labute approximate surface area is 146 Å². The van der Waals surface area contributed by atoms with E-state index in [1.165, 1.54) is 0 Å². The van der Waals surface area contributed by atoms with E-state index in [-0.39, 0.29) is 5.91 Å². The molecule has 1 amide bonds. The Balaban J connectivity index is 2.06. The first-order valence-electron chi connectivity index (χ1n) is 7.96. The van der Waals surface area contributed by atoms with Crippen LogP contribution >= 0.6 is 0 Å². The molecule has 2 aromatic carbocycles. The highest BCUT2D eigenvalue weighted by atomic mass is 16.5. The number of aliphatic carboxylic acids is 1. The highest BCUT2D eigenvalue weighted by Crippen LogP contribution is 2.31. The van der Waals surface area contributed by atoms with Crippen molar-refractivity contribution in [1.82, 2.24) is 0 Å². The maximum Gasteiger partial charge on any atom is 0.341 e. The quantitative estimate of drug-likeness (QED) is 0.511. The van der Waals surface area contributed by atoms with E-state index >= 15 is 0 Å². The van der Waals surface area contributed by atoms with E-state index < -0.39 is 12.6 Å². The normalized spacial score (nSPS) is 10.4. The fraction of sp³-hybridized carbons (Fsp3) is 0.263. The molecule has 25 heavy (non-hydrogen) atoms. The van der Waals surface area contributed by atoms with Crippen molar-refractivity contribution in [2.45, 2.75) is 12.8 Å². The predicted octanol–water partition coefficient (Wildman–Crippen LogP) is 3.22. The van der Waals surface area contributed by atoms with E-state index in [0.717, 1.165) is 10.8 Å². The number of nitrogens with one attached hydrogen (secondary N) is 1. The van der Waals surface area contributed by atoms with Gasteiger partial charge in [-0.3, -0.25) is 4.79 Å². The zero-order valence-corrected chi connectivity index (χ0v) is 13.9. The summed E-state index contributed by atoms with van der Waals surface area (Å²) >= 11 is 0. The number of benzene rings is 2. The molecular formula is C19H21NO5. The van der Waals surface area contributed by atoms with Gasteiger partial charge in [0.15, 0.2) is 6.61 Å². The molecule has 0 saturated heterocycles. The maximum atomic E-state index is 12.1. The molecule has 0 atom stereocenters. The molecule has 0 aliphatic carbocycles. The molecule has 0 saturated carbocycles. The average Bonchev–Trinajstić information content (AvgIpc) is 2.60. The largest absolute Gasteiger partial charge is 0.481 e. The van der Waals surface area contributed by atoms with Gasteiger partial charge in [0.1, 0.15) is 5.75 Å². The Bertz CT molecular complexity index is 757. The zero-order chi connectivity index (χ0) is 18.1. The highest BCUT2D eigenvalue weighted by Gasteiger charge is 2.10. The van der Waals surface area contributed by atoms with E-state index in [1.807, 2.05) is 24.3 Å². The fourth-order valence-electron chi connectivity index (χ4n) is 2.36. The first-order valence-corrected chi connectivity index (χ1v) is 7.96. The summed E-state index contributed by atoms with van der Waals surface area (Å²) in [6.07, 6.45) is 2.64. The predicted molar refractivity (Wildman–Crippen MR) is 96.0 cm³/mol. The number of carbonyl (C=O) groups excluding carboxylic acids is 1. The number of hydrogen-bond acceptors (Lipinski definition) is 4. The summed E-state index contributed by atoms with van der Waals surface area (Å²) in [6.45, 7) is 4.12. The molecule has 0 aliphatic heterocycles. The lowest BCUT2D eigenvalue weighted by Gasteiger charge is -2.12. The molecule has 132 valence electrons. The van der Waals surface area contributed by atoms with Gasteiger partial charge in [-0.05, 0) is 18.6 Å². The summed E-state index contributed by atoms with van der Waals surface area (Å²) in [5.41, 5.74) is 0.662. The Morgan fingerprint density at radius 3 is 2.64 bits per heavy atom. The van der Waals surface area contributed by atoms with Gasteiger partial charge in [-0.25, -0.2) is 4.79 Å². The highest BCUT2D eigenvalue weighted by molar-refractivity contribution is 6.04. The molecule has 0 aromatic heterocycles. The molecule has 6 heteroatoms. The summed E-state index contributed by atoms with van der Waals surface area (Å²) in [6, 6.07) is 10.7. The lowest BCUT2D eigenvalue weighted by molar-refractivity contribution is -0.139. The zero-order valence-electron chi connectivity index (χ0n) is 13.9. The van der Waals surface area contributed by atoms with Crippen LogP contribution in [0.25, 0.3) is 10.8 Å². The van der Waals surface area contributed by atoms with Crippen molar-refractivity contribution in [2.24, 2.45) is 0 Å². The Kier molecular flexibility index (Phi) is 6.98. The van der Waals surface area contributed by atoms with Crippen LogP contribution in [0.15, 0.2) is 49.1 Å². The number of rotatable bonds is 10. The monoisotopic (exact) mass is 343 g/mol. The molecule has 0 bridgehead atoms. The third-order valence-electron chi connectivity index (χ3n) is 3.44. The smallest absolute Gasteiger partial charge is 0.341 e. The lowest BCUT2D eigenvalue weighted by atomic mass is 10.1. The van der Waals surface area contributed by atoms with Crippen molar-refractivity contribution in [3.05, 3.63) is 49.1 Å². The Morgan fingerprint density at radius 2 is 1.92 bits per heavy atom. The SMILES string of the molecule is C=CCOCCCC(=O)Nc1ccc(OCC(=O)O)c2ccccc12. The second-order valence-corrected chi connectivity index (χ2v) is 5.35. The number of carboxylic acids is 1. The van der Waals surface area contributed by atoms with Gasteiger partial charge in [-0.1, -0.05) is 30.3 Å². The summed E-state index contributed by atoms with van der Waals surface area (Å²) in [5.74, 6) is -0.680. The summed E-state index contributed by atoms with van der Waals surface area (Å²) < 4.78 is 10.6. The molecule has 2 rings (SSSR count). The maximum absolute atomic E-state index is 12.1. The van der Waals surface area contributed by atoms with Gasteiger partial charge in [-0.2, -0.15) is 0 Å². The third-order valence-corrected chi connectivity index (χ3v) is 3.44. The number of carboxylic acid groups (broad SMARTS) is 1. The molecule has 0 unspecified atom stereocenters. The molecule has 6 nitrogen and oxygen atoms in total. The molecular weight excluding hydrogens is 322 g/mol. The number of fused-ring (bicyclic) bond motifs is 1. The number of hydrogen-bond donors (Lipinski definition) is 2. The second-order valence-electron chi connectivity index (χ2n) is 5.35. The van der Waals surface area contributed by atoms with Gasteiger partial charge in [0, 0.05) is 29.5 Å². The van der Waals surface area contributed by atoms with Crippen LogP contribution in [0.3, 0.4) is 0 Å². The van der Waals surface area contributed by atoms with Gasteiger partial charge >= 0.3 is 5.97 Å². The van der Waals surface area contributed by atoms with Crippen molar-refractivity contribution in [2.75, 3.05) is 25.1 Å². The third kappa shape index (κ3) is 5.61. The average molecular weight is 343 g/mol. The minimum absolute atomic E-state index is 0.105. The topological polar surface area (TPSA) is 84.9 Å². The first-order chi connectivity index (χ1) is 12.1. The van der Waals surface area contributed by atoms with E-state index in [4.69, 9.17) is 14.6 Å². The van der Waals surface area contributed by atoms with E-state index in [2.05, 4.69) is 11.9 Å². The van der Waals surface area contributed by atoms with Gasteiger partial charge in [0.2, 0.25) is 5.91 Å². The molecule has 0 fully saturated rings. The Morgan fingerprint density at radius 1 is 1.16 bits per heavy atom. The standard InChI is InChI=1S/C19H21NO5/c1-2-11-24-12-5-8-18(21)20-16-9-10-17(25-13-19(22)23)15-7-4-3-6-14(15)16/h2-4,6-7,9-10H,1,5,8,11-13H2,(H,20,21)(H,22,23). The molecule has 0 heterocycles. The van der Waals surface area contributed by atoms with Crippen LogP contribution in [-0.2, 0) is 14.3 Å². The lowest BCUT2D eigenvalue weighted by Crippen LogP contribution is -2.13. The molecule has 0 radical (unpaired) electrons. The van der Waals surface area contributed by atoms with Gasteiger partial charge in [0.25, 0.3) is 0 Å². The molecule has 0 spiro atoms. The van der Waals surface area contributed by atoms with Crippen molar-refractivity contribution < 1.29 is 24.2 Å². The number of carbonyl (C=O) groups is 2. The van der Waals surface area contributed by atoms with Gasteiger partial charge in [-0.15, -0.1) is 6.58 Å². The van der Waals surface area contributed by atoms with Crippen LogP contribution < -0.4 is 10.1 Å². The summed E-state index contributed by atoms with van der Waals surface area (Å²) in [5, 5.41) is 13.2. The van der Waals surface area contributed by atoms with Crippen molar-refractivity contribution in [1.29, 1.82) is 0 Å². The molecule has 2 aromatic rings. The van der Waals surface area contributed by atoms with Gasteiger partial charge in [0.05, 0.1) is 6.61 Å². The van der Waals surface area contributed by atoms with Gasteiger partial charge < -0.3 is 19.9 Å². The van der Waals surface area contributed by atoms with Crippen LogP contribution in [0.1, 0.15) is 12.8 Å². The van der Waals surface area contributed by atoms with Crippen molar-refractivity contribution >= 4 is 28.3 Å². The van der Waals surface area contributed by atoms with Crippen molar-refractivity contribution in [3.63, 3.8) is 0 Å². The van der Waals surface area contributed by atoms with E-state index in [0.29, 0.717) is 37.5 Å². The molecule has 0 aliphatic rings. The van der Waals surface area contributed by atoms with Crippen LogP contribution in [0, 0.1) is 0 Å². The number of anilines is 1. The van der Waals surface area contributed by atoms with Crippen LogP contribution in [0.2, 0.25) is 0 Å². The minimum atomic E-state index is -1.04. The number of ether oxygens (including phenoxy) is 2. The first kappa shape index (κ1) is 18.5. The summed E-state index contributed by atoms with van der Waals surface area (Å²) in [7, 11) is 0. The van der Waals surface area contributed by atoms with E-state index in [1.54, 1.807) is 18.2 Å². The van der Waals surface area contributed by atoms with Crippen LogP contribution in [0.4, 0.5) is 5.69 Å².